The molecule has 2 unspecified atom stereocenters. The molecule has 1 aromatic carbocycles. The van der Waals surface area contributed by atoms with E-state index in [-0.39, 0.29) is 10.8 Å². The summed E-state index contributed by atoms with van der Waals surface area (Å²) in [5.41, 5.74) is 1.10. The summed E-state index contributed by atoms with van der Waals surface area (Å²) in [5.74, 6) is 0.491. The summed E-state index contributed by atoms with van der Waals surface area (Å²) in [6, 6.07) is 9.99. The largest absolute Gasteiger partial charge is 0.239 e. The highest BCUT2D eigenvalue weighted by molar-refractivity contribution is 8.00. The summed E-state index contributed by atoms with van der Waals surface area (Å²) < 4.78 is 16.2. The molecule has 1 saturated carbocycles. The van der Waals surface area contributed by atoms with Crippen LogP contribution in [-0.2, 0) is 0 Å². The third-order valence-electron chi connectivity index (χ3n) is 4.12. The molecule has 0 saturated heterocycles. The van der Waals surface area contributed by atoms with Crippen LogP contribution in [0, 0.1) is 0 Å². The van der Waals surface area contributed by atoms with Crippen LogP contribution in [0.1, 0.15) is 49.8 Å². The SMILES string of the molecule is CC1(Sc2nc3n(n2)C(c2ccccc2)CC3F)CC1. The number of rotatable bonds is 3. The van der Waals surface area contributed by atoms with Crippen molar-refractivity contribution in [2.75, 3.05) is 0 Å². The van der Waals surface area contributed by atoms with Crippen LogP contribution in [0.15, 0.2) is 35.5 Å². The number of thioether (sulfide) groups is 1. The average molecular weight is 289 g/mol. The van der Waals surface area contributed by atoms with Crippen LogP contribution in [-0.4, -0.2) is 19.5 Å². The Kier molecular flexibility index (Phi) is 2.67. The van der Waals surface area contributed by atoms with Gasteiger partial charge in [-0.15, -0.1) is 5.10 Å². The lowest BCUT2D eigenvalue weighted by molar-refractivity contribution is 0.327. The molecule has 0 radical (unpaired) electrons. The normalized spacial score (nSPS) is 26.5. The Balaban J connectivity index is 1.67. The van der Waals surface area contributed by atoms with Crippen LogP contribution in [0.4, 0.5) is 4.39 Å². The first-order chi connectivity index (χ1) is 9.65. The quantitative estimate of drug-likeness (QED) is 0.858. The summed E-state index contributed by atoms with van der Waals surface area (Å²) >= 11 is 1.69. The van der Waals surface area contributed by atoms with Crippen molar-refractivity contribution < 1.29 is 4.39 Å². The van der Waals surface area contributed by atoms with Crippen LogP contribution in [0.25, 0.3) is 0 Å². The predicted octanol–water partition coefficient (Wildman–Crippen LogP) is 3.93. The van der Waals surface area contributed by atoms with Crippen molar-refractivity contribution >= 4 is 11.8 Å². The molecule has 0 N–H and O–H groups in total. The van der Waals surface area contributed by atoms with Crippen LogP contribution < -0.4 is 0 Å². The fourth-order valence-electron chi connectivity index (χ4n) is 2.65. The Bertz CT molecular complexity index is 636. The molecule has 0 amide bonds. The maximum Gasteiger partial charge on any atom is 0.209 e. The molecule has 0 bridgehead atoms. The van der Waals surface area contributed by atoms with Crippen molar-refractivity contribution in [1.29, 1.82) is 0 Å². The average Bonchev–Trinajstić information content (AvgIpc) is 2.90. The van der Waals surface area contributed by atoms with E-state index >= 15 is 0 Å². The maximum atomic E-state index is 14.2. The van der Waals surface area contributed by atoms with Gasteiger partial charge in [0.05, 0.1) is 6.04 Å². The van der Waals surface area contributed by atoms with Gasteiger partial charge < -0.3 is 0 Å². The number of nitrogens with zero attached hydrogens (tertiary/aromatic N) is 3. The van der Waals surface area contributed by atoms with Crippen LogP contribution >= 0.6 is 11.8 Å². The van der Waals surface area contributed by atoms with Gasteiger partial charge in [0.2, 0.25) is 5.16 Å². The number of halogens is 1. The summed E-state index contributed by atoms with van der Waals surface area (Å²) in [4.78, 5) is 4.41. The number of benzene rings is 1. The highest BCUT2D eigenvalue weighted by Crippen LogP contribution is 2.51. The minimum atomic E-state index is -1.01. The topological polar surface area (TPSA) is 30.7 Å². The molecule has 1 aliphatic heterocycles. The van der Waals surface area contributed by atoms with E-state index in [1.165, 1.54) is 12.8 Å². The van der Waals surface area contributed by atoms with Gasteiger partial charge >= 0.3 is 0 Å². The Morgan fingerprint density at radius 3 is 2.75 bits per heavy atom. The molecular weight excluding hydrogens is 273 g/mol. The van der Waals surface area contributed by atoms with E-state index in [0.717, 1.165) is 10.7 Å². The zero-order valence-electron chi connectivity index (χ0n) is 11.3. The van der Waals surface area contributed by atoms with Gasteiger partial charge in [0.25, 0.3) is 0 Å². The van der Waals surface area contributed by atoms with E-state index in [9.17, 15) is 4.39 Å². The highest BCUT2D eigenvalue weighted by atomic mass is 32.2. The second kappa shape index (κ2) is 4.32. The van der Waals surface area contributed by atoms with Crippen molar-refractivity contribution in [2.24, 2.45) is 0 Å². The van der Waals surface area contributed by atoms with E-state index in [2.05, 4.69) is 17.0 Å². The zero-order valence-corrected chi connectivity index (χ0v) is 12.1. The van der Waals surface area contributed by atoms with Crippen LogP contribution in [0.3, 0.4) is 0 Å². The number of hydrogen-bond acceptors (Lipinski definition) is 3. The van der Waals surface area contributed by atoms with Gasteiger partial charge in [0.1, 0.15) is 0 Å². The first-order valence-corrected chi connectivity index (χ1v) is 7.81. The summed E-state index contributed by atoms with van der Waals surface area (Å²) in [5, 5.41) is 5.28. The summed E-state index contributed by atoms with van der Waals surface area (Å²) in [6.45, 7) is 2.21. The molecule has 2 aromatic rings. The Morgan fingerprint density at radius 1 is 1.30 bits per heavy atom. The molecule has 1 aromatic heterocycles. The van der Waals surface area contributed by atoms with Gasteiger partial charge in [-0.2, -0.15) is 0 Å². The van der Waals surface area contributed by atoms with Crippen molar-refractivity contribution in [3.8, 4) is 0 Å². The summed E-state index contributed by atoms with van der Waals surface area (Å²) in [6.07, 6.45) is 1.83. The third-order valence-corrected chi connectivity index (χ3v) is 5.38. The minimum Gasteiger partial charge on any atom is -0.239 e. The lowest BCUT2D eigenvalue weighted by Gasteiger charge is -2.11. The van der Waals surface area contributed by atoms with Crippen LogP contribution in [0.2, 0.25) is 0 Å². The molecule has 1 fully saturated rings. The number of alkyl halides is 1. The van der Waals surface area contributed by atoms with Crippen molar-refractivity contribution in [3.05, 3.63) is 41.7 Å². The number of aromatic nitrogens is 3. The molecule has 1 aliphatic carbocycles. The fourth-order valence-corrected chi connectivity index (χ4v) is 3.67. The number of fused-ring (bicyclic) bond motifs is 1. The van der Waals surface area contributed by atoms with Gasteiger partial charge in [0, 0.05) is 11.2 Å². The zero-order chi connectivity index (χ0) is 13.7. The van der Waals surface area contributed by atoms with Crippen molar-refractivity contribution in [1.82, 2.24) is 14.8 Å². The molecule has 2 atom stereocenters. The molecule has 104 valence electrons. The van der Waals surface area contributed by atoms with Crippen molar-refractivity contribution in [2.45, 2.75) is 48.3 Å². The molecule has 2 aliphatic rings. The third kappa shape index (κ3) is 2.04. The van der Waals surface area contributed by atoms with E-state index in [4.69, 9.17) is 0 Å². The molecule has 4 rings (SSSR count). The van der Waals surface area contributed by atoms with E-state index in [0.29, 0.717) is 12.2 Å². The second-order valence-electron chi connectivity index (χ2n) is 5.88. The van der Waals surface area contributed by atoms with Gasteiger partial charge in [-0.25, -0.2) is 14.1 Å². The van der Waals surface area contributed by atoms with Gasteiger partial charge in [-0.05, 0) is 25.3 Å². The lowest BCUT2D eigenvalue weighted by Crippen LogP contribution is -2.07. The molecule has 5 heteroatoms. The smallest absolute Gasteiger partial charge is 0.209 e. The monoisotopic (exact) mass is 289 g/mol. The number of hydrogen-bond donors (Lipinski definition) is 0. The molecule has 20 heavy (non-hydrogen) atoms. The summed E-state index contributed by atoms with van der Waals surface area (Å²) in [7, 11) is 0. The predicted molar refractivity (Wildman–Crippen MR) is 76.6 cm³/mol. The van der Waals surface area contributed by atoms with E-state index < -0.39 is 6.17 Å². The first-order valence-electron chi connectivity index (χ1n) is 6.99. The van der Waals surface area contributed by atoms with E-state index in [1.807, 2.05) is 30.3 Å². The lowest BCUT2D eigenvalue weighted by atomic mass is 10.0. The van der Waals surface area contributed by atoms with Gasteiger partial charge in [0.15, 0.2) is 12.0 Å². The Morgan fingerprint density at radius 2 is 2.05 bits per heavy atom. The maximum absolute atomic E-state index is 14.2. The molecule has 0 spiro atoms. The molecular formula is C15H16FN3S. The fraction of sp³-hybridized carbons (Fsp3) is 0.467. The molecule has 3 nitrogen and oxygen atoms in total. The van der Waals surface area contributed by atoms with Crippen molar-refractivity contribution in [3.63, 3.8) is 0 Å². The van der Waals surface area contributed by atoms with Gasteiger partial charge in [-0.3, -0.25) is 0 Å². The first kappa shape index (κ1) is 12.4. The highest BCUT2D eigenvalue weighted by Gasteiger charge is 2.41. The Labute approximate surface area is 121 Å². The standard InChI is InChI=1S/C15H16FN3S/c1-15(7-8-15)20-14-17-13-11(16)9-12(19(13)18-14)10-5-3-2-4-6-10/h2-6,11-12H,7-9H2,1H3. The molecule has 2 heterocycles. The van der Waals surface area contributed by atoms with Gasteiger partial charge in [-0.1, -0.05) is 42.1 Å². The van der Waals surface area contributed by atoms with Crippen LogP contribution in [0.5, 0.6) is 0 Å². The second-order valence-corrected chi connectivity index (χ2v) is 7.43. The Hall–Kier alpha value is -1.36. The minimum absolute atomic E-state index is 0.0185. The van der Waals surface area contributed by atoms with E-state index in [1.54, 1.807) is 16.4 Å².